The molecule has 0 bridgehead atoms. The number of rotatable bonds is 1. The number of halogens is 1. The van der Waals surface area contributed by atoms with Crippen molar-refractivity contribution in [2.24, 2.45) is 0 Å². The standard InChI is InChI=1S/C14H16ClN3/c1-14(2,3)12-6-7-17-13(18-12)10-5-4-9(16)8-11(10)15/h4-8H,16H2,1-3H3. The van der Waals surface area contributed by atoms with E-state index in [-0.39, 0.29) is 5.41 Å². The van der Waals surface area contributed by atoms with Gasteiger partial charge in [0.25, 0.3) is 0 Å². The fraction of sp³-hybridized carbons (Fsp3) is 0.286. The number of nitrogens with zero attached hydrogens (tertiary/aromatic N) is 2. The van der Waals surface area contributed by atoms with Gasteiger partial charge in [0.15, 0.2) is 5.82 Å². The summed E-state index contributed by atoms with van der Waals surface area (Å²) in [6, 6.07) is 7.28. The van der Waals surface area contributed by atoms with Crippen LogP contribution in [0.1, 0.15) is 26.5 Å². The van der Waals surface area contributed by atoms with Gasteiger partial charge in [0, 0.05) is 28.6 Å². The second-order valence-corrected chi connectivity index (χ2v) is 5.66. The van der Waals surface area contributed by atoms with Crippen LogP contribution in [0, 0.1) is 0 Å². The van der Waals surface area contributed by atoms with E-state index in [1.54, 1.807) is 18.3 Å². The predicted molar refractivity (Wildman–Crippen MR) is 75.6 cm³/mol. The Hall–Kier alpha value is -1.61. The van der Waals surface area contributed by atoms with Gasteiger partial charge in [-0.25, -0.2) is 9.97 Å². The third-order valence-corrected chi connectivity index (χ3v) is 2.97. The molecule has 0 aliphatic heterocycles. The van der Waals surface area contributed by atoms with E-state index >= 15 is 0 Å². The monoisotopic (exact) mass is 261 g/mol. The van der Waals surface area contributed by atoms with E-state index in [4.69, 9.17) is 17.3 Å². The topological polar surface area (TPSA) is 51.8 Å². The minimum atomic E-state index is -0.0159. The molecule has 2 N–H and O–H groups in total. The maximum absolute atomic E-state index is 6.17. The van der Waals surface area contributed by atoms with Crippen molar-refractivity contribution in [1.82, 2.24) is 9.97 Å². The number of anilines is 1. The molecule has 0 atom stereocenters. The molecule has 0 spiro atoms. The molecule has 0 aliphatic carbocycles. The van der Waals surface area contributed by atoms with Gasteiger partial charge in [-0.1, -0.05) is 32.4 Å². The molecule has 18 heavy (non-hydrogen) atoms. The highest BCUT2D eigenvalue weighted by Crippen LogP contribution is 2.28. The summed E-state index contributed by atoms with van der Waals surface area (Å²) in [5, 5.41) is 0.570. The third kappa shape index (κ3) is 2.62. The highest BCUT2D eigenvalue weighted by molar-refractivity contribution is 6.33. The first-order chi connectivity index (χ1) is 8.38. The van der Waals surface area contributed by atoms with Gasteiger partial charge < -0.3 is 5.73 Å². The van der Waals surface area contributed by atoms with E-state index in [1.807, 2.05) is 12.1 Å². The van der Waals surface area contributed by atoms with Gasteiger partial charge in [0.05, 0.1) is 5.02 Å². The Morgan fingerprint density at radius 1 is 1.17 bits per heavy atom. The molecule has 0 aliphatic rings. The highest BCUT2D eigenvalue weighted by atomic mass is 35.5. The Balaban J connectivity index is 2.51. The van der Waals surface area contributed by atoms with Crippen molar-refractivity contribution in [2.75, 3.05) is 5.73 Å². The van der Waals surface area contributed by atoms with Crippen molar-refractivity contribution in [2.45, 2.75) is 26.2 Å². The van der Waals surface area contributed by atoms with Crippen LogP contribution in [0.5, 0.6) is 0 Å². The van der Waals surface area contributed by atoms with Gasteiger partial charge in [0.2, 0.25) is 0 Å². The molecule has 1 aromatic carbocycles. The minimum Gasteiger partial charge on any atom is -0.399 e. The van der Waals surface area contributed by atoms with Crippen LogP contribution in [0.25, 0.3) is 11.4 Å². The summed E-state index contributed by atoms with van der Waals surface area (Å²) < 4.78 is 0. The highest BCUT2D eigenvalue weighted by Gasteiger charge is 2.17. The maximum atomic E-state index is 6.17. The van der Waals surface area contributed by atoms with Crippen molar-refractivity contribution in [1.29, 1.82) is 0 Å². The van der Waals surface area contributed by atoms with E-state index in [2.05, 4.69) is 30.7 Å². The first kappa shape index (κ1) is 12.8. The van der Waals surface area contributed by atoms with Crippen LogP contribution >= 0.6 is 11.6 Å². The van der Waals surface area contributed by atoms with E-state index in [0.29, 0.717) is 16.5 Å². The third-order valence-electron chi connectivity index (χ3n) is 2.66. The zero-order chi connectivity index (χ0) is 13.3. The molecule has 1 aromatic heterocycles. The van der Waals surface area contributed by atoms with E-state index in [1.165, 1.54) is 0 Å². The van der Waals surface area contributed by atoms with Gasteiger partial charge in [-0.15, -0.1) is 0 Å². The molecule has 94 valence electrons. The SMILES string of the molecule is CC(C)(C)c1ccnc(-c2ccc(N)cc2Cl)n1. The van der Waals surface area contributed by atoms with Crippen LogP contribution in [0.4, 0.5) is 5.69 Å². The van der Waals surface area contributed by atoms with Gasteiger partial charge >= 0.3 is 0 Å². The van der Waals surface area contributed by atoms with E-state index in [0.717, 1.165) is 11.3 Å². The molecule has 0 radical (unpaired) electrons. The molecule has 4 heteroatoms. The Bertz CT molecular complexity index is 573. The first-order valence-electron chi connectivity index (χ1n) is 5.77. The van der Waals surface area contributed by atoms with Crippen LogP contribution < -0.4 is 5.73 Å². The molecular formula is C14H16ClN3. The van der Waals surface area contributed by atoms with Crippen LogP contribution in [0.2, 0.25) is 5.02 Å². The fourth-order valence-electron chi connectivity index (χ4n) is 1.62. The van der Waals surface area contributed by atoms with Crippen molar-refractivity contribution in [3.63, 3.8) is 0 Å². The largest absolute Gasteiger partial charge is 0.399 e. The van der Waals surface area contributed by atoms with Crippen LogP contribution in [-0.2, 0) is 5.41 Å². The lowest BCUT2D eigenvalue weighted by Gasteiger charge is -2.18. The lowest BCUT2D eigenvalue weighted by Crippen LogP contribution is -2.14. The molecule has 1 heterocycles. The molecular weight excluding hydrogens is 246 g/mol. The summed E-state index contributed by atoms with van der Waals surface area (Å²) in [4.78, 5) is 8.85. The molecule has 2 aromatic rings. The number of hydrogen-bond acceptors (Lipinski definition) is 3. The molecule has 0 fully saturated rings. The Morgan fingerprint density at radius 3 is 2.50 bits per heavy atom. The second kappa shape index (κ2) is 4.58. The number of nitrogen functional groups attached to an aromatic ring is 1. The van der Waals surface area contributed by atoms with E-state index < -0.39 is 0 Å². The Labute approximate surface area is 112 Å². The summed E-state index contributed by atoms with van der Waals surface area (Å²) in [6.07, 6.45) is 1.76. The predicted octanol–water partition coefficient (Wildman–Crippen LogP) is 3.68. The quantitative estimate of drug-likeness (QED) is 0.797. The number of nitrogens with two attached hydrogens (primary N) is 1. The molecule has 2 rings (SSSR count). The number of hydrogen-bond donors (Lipinski definition) is 1. The molecule has 0 amide bonds. The summed E-state index contributed by atoms with van der Waals surface area (Å²) in [5.74, 6) is 0.632. The molecule has 0 saturated carbocycles. The Morgan fingerprint density at radius 2 is 1.89 bits per heavy atom. The lowest BCUT2D eigenvalue weighted by molar-refractivity contribution is 0.568. The number of benzene rings is 1. The first-order valence-corrected chi connectivity index (χ1v) is 6.14. The second-order valence-electron chi connectivity index (χ2n) is 5.25. The van der Waals surface area contributed by atoms with Crippen LogP contribution in [-0.4, -0.2) is 9.97 Å². The summed E-state index contributed by atoms with van der Waals surface area (Å²) in [5.41, 5.74) is 8.09. The van der Waals surface area contributed by atoms with Gasteiger partial charge in [0.1, 0.15) is 0 Å². The maximum Gasteiger partial charge on any atom is 0.160 e. The minimum absolute atomic E-state index is 0.0159. The molecule has 0 unspecified atom stereocenters. The lowest BCUT2D eigenvalue weighted by atomic mass is 9.92. The van der Waals surface area contributed by atoms with Crippen molar-refractivity contribution in [3.05, 3.63) is 41.2 Å². The summed E-state index contributed by atoms with van der Waals surface area (Å²) in [6.45, 7) is 6.34. The Kier molecular flexibility index (Phi) is 3.26. The van der Waals surface area contributed by atoms with E-state index in [9.17, 15) is 0 Å². The average Bonchev–Trinajstić information content (AvgIpc) is 2.28. The van der Waals surface area contributed by atoms with Crippen molar-refractivity contribution >= 4 is 17.3 Å². The summed E-state index contributed by atoms with van der Waals surface area (Å²) >= 11 is 6.17. The average molecular weight is 262 g/mol. The molecule has 3 nitrogen and oxygen atoms in total. The van der Waals surface area contributed by atoms with Gasteiger partial charge in [-0.3, -0.25) is 0 Å². The number of aromatic nitrogens is 2. The van der Waals surface area contributed by atoms with Gasteiger partial charge in [-0.05, 0) is 24.3 Å². The van der Waals surface area contributed by atoms with Crippen LogP contribution in [0.3, 0.4) is 0 Å². The van der Waals surface area contributed by atoms with Crippen LogP contribution in [0.15, 0.2) is 30.5 Å². The molecule has 0 saturated heterocycles. The van der Waals surface area contributed by atoms with Gasteiger partial charge in [-0.2, -0.15) is 0 Å². The zero-order valence-corrected chi connectivity index (χ0v) is 11.5. The summed E-state index contributed by atoms with van der Waals surface area (Å²) in [7, 11) is 0. The normalized spacial score (nSPS) is 11.6. The zero-order valence-electron chi connectivity index (χ0n) is 10.7. The van der Waals surface area contributed by atoms with Crippen molar-refractivity contribution in [3.8, 4) is 11.4 Å². The van der Waals surface area contributed by atoms with Crippen molar-refractivity contribution < 1.29 is 0 Å². The smallest absolute Gasteiger partial charge is 0.160 e. The fourth-order valence-corrected chi connectivity index (χ4v) is 1.89.